The second kappa shape index (κ2) is 6.16. The fraction of sp³-hybridized carbons (Fsp3) is 0.214. The highest BCUT2D eigenvalue weighted by Crippen LogP contribution is 2.30. The molecule has 0 aliphatic carbocycles. The number of hydrogen-bond acceptors (Lipinski definition) is 3. The molecular weight excluding hydrogens is 282 g/mol. The summed E-state index contributed by atoms with van der Waals surface area (Å²) in [6.45, 7) is 2.08. The average molecular weight is 296 g/mol. The third-order valence-corrected chi connectivity index (χ3v) is 4.17. The number of carboxylic acid groups (broad SMARTS) is 1. The number of carboxylic acids is 1. The van der Waals surface area contributed by atoms with E-state index in [0.29, 0.717) is 22.9 Å². The van der Waals surface area contributed by atoms with Crippen molar-refractivity contribution < 1.29 is 23.4 Å². The number of rotatable bonds is 5. The molecule has 0 fully saturated rings. The molecule has 2 rings (SSSR count). The van der Waals surface area contributed by atoms with Crippen molar-refractivity contribution in [1.82, 2.24) is 0 Å². The summed E-state index contributed by atoms with van der Waals surface area (Å²) in [6.07, 6.45) is 0.142. The van der Waals surface area contributed by atoms with Crippen LogP contribution in [0.3, 0.4) is 0 Å². The van der Waals surface area contributed by atoms with E-state index < -0.39 is 19.8 Å². The SMILES string of the molecule is CCO[PH](=O)Cc1cc(F)c2ccc(C(=O)O)cc2c1. The zero-order chi connectivity index (χ0) is 14.7. The Morgan fingerprint density at radius 2 is 2.10 bits per heavy atom. The van der Waals surface area contributed by atoms with Crippen LogP contribution >= 0.6 is 8.03 Å². The smallest absolute Gasteiger partial charge is 0.335 e. The second-order valence-corrected chi connectivity index (χ2v) is 5.69. The molecule has 0 aliphatic heterocycles. The predicted octanol–water partition coefficient (Wildman–Crippen LogP) is 3.69. The highest BCUT2D eigenvalue weighted by atomic mass is 31.1. The van der Waals surface area contributed by atoms with E-state index in [9.17, 15) is 13.8 Å². The predicted molar refractivity (Wildman–Crippen MR) is 75.2 cm³/mol. The molecule has 2 aromatic rings. The molecule has 20 heavy (non-hydrogen) atoms. The number of carbonyl (C=O) groups is 1. The van der Waals surface area contributed by atoms with Crippen molar-refractivity contribution in [2.75, 3.05) is 6.61 Å². The Kier molecular flexibility index (Phi) is 4.53. The number of halogens is 1. The van der Waals surface area contributed by atoms with Crippen LogP contribution in [0.1, 0.15) is 22.8 Å². The zero-order valence-electron chi connectivity index (χ0n) is 10.9. The van der Waals surface area contributed by atoms with Crippen LogP contribution in [-0.4, -0.2) is 17.7 Å². The van der Waals surface area contributed by atoms with E-state index in [1.54, 1.807) is 13.0 Å². The fourth-order valence-corrected chi connectivity index (χ4v) is 2.96. The van der Waals surface area contributed by atoms with E-state index in [0.717, 1.165) is 0 Å². The van der Waals surface area contributed by atoms with Gasteiger partial charge in [0.15, 0.2) is 8.03 Å². The van der Waals surface area contributed by atoms with Crippen LogP contribution in [0.5, 0.6) is 0 Å². The van der Waals surface area contributed by atoms with Crippen LogP contribution in [0.25, 0.3) is 10.8 Å². The van der Waals surface area contributed by atoms with Gasteiger partial charge in [-0.1, -0.05) is 12.1 Å². The minimum Gasteiger partial charge on any atom is -0.478 e. The summed E-state index contributed by atoms with van der Waals surface area (Å²) >= 11 is 0. The van der Waals surface area contributed by atoms with Gasteiger partial charge in [-0.15, -0.1) is 0 Å². The summed E-state index contributed by atoms with van der Waals surface area (Å²) in [5, 5.41) is 9.76. The maximum Gasteiger partial charge on any atom is 0.335 e. The molecule has 0 aliphatic rings. The van der Waals surface area contributed by atoms with Crippen molar-refractivity contribution >= 4 is 24.8 Å². The van der Waals surface area contributed by atoms with Gasteiger partial charge in [0, 0.05) is 11.5 Å². The maximum atomic E-state index is 13.9. The summed E-state index contributed by atoms with van der Waals surface area (Å²) < 4.78 is 30.5. The van der Waals surface area contributed by atoms with Gasteiger partial charge in [0.2, 0.25) is 0 Å². The summed E-state index contributed by atoms with van der Waals surface area (Å²) in [5.41, 5.74) is 0.626. The van der Waals surface area contributed by atoms with E-state index >= 15 is 0 Å². The van der Waals surface area contributed by atoms with Gasteiger partial charge in [-0.25, -0.2) is 9.18 Å². The highest BCUT2D eigenvalue weighted by Gasteiger charge is 2.10. The van der Waals surface area contributed by atoms with Crippen molar-refractivity contribution in [2.24, 2.45) is 0 Å². The molecule has 0 aromatic heterocycles. The van der Waals surface area contributed by atoms with E-state index in [2.05, 4.69) is 0 Å². The Hall–Kier alpha value is -1.71. The normalized spacial score (nSPS) is 12.5. The van der Waals surface area contributed by atoms with Gasteiger partial charge in [0.05, 0.1) is 12.2 Å². The molecule has 0 heterocycles. The summed E-state index contributed by atoms with van der Waals surface area (Å²) in [6, 6.07) is 7.15. The van der Waals surface area contributed by atoms with Crippen LogP contribution < -0.4 is 0 Å². The van der Waals surface area contributed by atoms with Crippen molar-refractivity contribution in [3.05, 3.63) is 47.3 Å². The minimum absolute atomic E-state index is 0.0894. The maximum absolute atomic E-state index is 13.9. The topological polar surface area (TPSA) is 63.6 Å². The van der Waals surface area contributed by atoms with Gasteiger partial charge >= 0.3 is 5.97 Å². The van der Waals surface area contributed by atoms with E-state index in [-0.39, 0.29) is 11.7 Å². The lowest BCUT2D eigenvalue weighted by Gasteiger charge is -2.06. The fourth-order valence-electron chi connectivity index (χ4n) is 2.00. The van der Waals surface area contributed by atoms with Gasteiger partial charge in [-0.05, 0) is 36.1 Å². The first kappa shape index (κ1) is 14.7. The van der Waals surface area contributed by atoms with Gasteiger partial charge in [-0.3, -0.25) is 4.57 Å². The first-order chi connectivity index (χ1) is 9.51. The molecule has 0 bridgehead atoms. The van der Waals surface area contributed by atoms with Crippen molar-refractivity contribution in [2.45, 2.75) is 13.1 Å². The number of benzene rings is 2. The van der Waals surface area contributed by atoms with E-state index in [1.165, 1.54) is 24.3 Å². The van der Waals surface area contributed by atoms with Gasteiger partial charge in [-0.2, -0.15) is 0 Å². The van der Waals surface area contributed by atoms with Gasteiger partial charge < -0.3 is 9.63 Å². The monoisotopic (exact) mass is 296 g/mol. The van der Waals surface area contributed by atoms with Gasteiger partial charge in [0.25, 0.3) is 0 Å². The Labute approximate surface area is 116 Å². The Bertz CT molecular complexity index is 684. The van der Waals surface area contributed by atoms with Crippen LogP contribution in [0.15, 0.2) is 30.3 Å². The van der Waals surface area contributed by atoms with E-state index in [4.69, 9.17) is 9.63 Å². The third kappa shape index (κ3) is 3.24. The molecule has 0 amide bonds. The zero-order valence-corrected chi connectivity index (χ0v) is 11.9. The lowest BCUT2D eigenvalue weighted by atomic mass is 10.0. The molecule has 0 saturated carbocycles. The molecule has 4 nitrogen and oxygen atoms in total. The van der Waals surface area contributed by atoms with Crippen LogP contribution in [0.4, 0.5) is 4.39 Å². The Balaban J connectivity index is 2.43. The molecule has 0 radical (unpaired) electrons. The number of hydrogen-bond donors (Lipinski definition) is 1. The van der Waals surface area contributed by atoms with E-state index in [1.807, 2.05) is 0 Å². The highest BCUT2D eigenvalue weighted by molar-refractivity contribution is 7.38. The first-order valence-electron chi connectivity index (χ1n) is 6.12. The standard InChI is InChI=1S/C14H14FO4P/c1-2-19-20(18)8-9-5-11-7-10(14(16)17)3-4-12(11)13(15)6-9/h3-7,20H,2,8H2,1H3,(H,16,17). The molecule has 1 N–H and O–H groups in total. The van der Waals surface area contributed by atoms with Crippen LogP contribution in [-0.2, 0) is 15.3 Å². The molecule has 106 valence electrons. The first-order valence-corrected chi connectivity index (χ1v) is 7.64. The lowest BCUT2D eigenvalue weighted by molar-refractivity contribution is 0.0697. The molecule has 2 aromatic carbocycles. The molecule has 0 spiro atoms. The van der Waals surface area contributed by atoms with Crippen molar-refractivity contribution in [1.29, 1.82) is 0 Å². The summed E-state index contributed by atoms with van der Waals surface area (Å²) in [4.78, 5) is 10.9. The van der Waals surface area contributed by atoms with Crippen molar-refractivity contribution in [3.8, 4) is 0 Å². The minimum atomic E-state index is -2.24. The molecular formula is C14H14FO4P. The largest absolute Gasteiger partial charge is 0.478 e. The number of aromatic carboxylic acids is 1. The summed E-state index contributed by atoms with van der Waals surface area (Å²) in [7, 11) is -2.24. The third-order valence-electron chi connectivity index (χ3n) is 2.86. The number of fused-ring (bicyclic) bond motifs is 1. The lowest BCUT2D eigenvalue weighted by Crippen LogP contribution is -1.96. The summed E-state index contributed by atoms with van der Waals surface area (Å²) in [5.74, 6) is -1.53. The molecule has 1 atom stereocenters. The molecule has 6 heteroatoms. The Morgan fingerprint density at radius 3 is 2.75 bits per heavy atom. The quantitative estimate of drug-likeness (QED) is 0.855. The Morgan fingerprint density at radius 1 is 1.35 bits per heavy atom. The van der Waals surface area contributed by atoms with Crippen LogP contribution in [0.2, 0.25) is 0 Å². The van der Waals surface area contributed by atoms with Crippen molar-refractivity contribution in [3.63, 3.8) is 0 Å². The molecule has 1 unspecified atom stereocenters. The van der Waals surface area contributed by atoms with Gasteiger partial charge in [0.1, 0.15) is 5.82 Å². The average Bonchev–Trinajstić information content (AvgIpc) is 2.38. The van der Waals surface area contributed by atoms with Crippen LogP contribution in [0, 0.1) is 5.82 Å². The second-order valence-electron chi connectivity index (χ2n) is 4.30. The molecule has 0 saturated heterocycles.